The second kappa shape index (κ2) is 7.98. The first-order valence-electron chi connectivity index (χ1n) is 8.35. The molecular weight excluding hydrogens is 320 g/mol. The summed E-state index contributed by atoms with van der Waals surface area (Å²) in [6, 6.07) is 11.0. The van der Waals surface area contributed by atoms with Crippen molar-refractivity contribution in [3.8, 4) is 5.75 Å². The molecule has 2 heterocycles. The van der Waals surface area contributed by atoms with Gasteiger partial charge in [-0.1, -0.05) is 12.1 Å². The zero-order chi connectivity index (χ0) is 17.6. The number of rotatable bonds is 6. The van der Waals surface area contributed by atoms with E-state index in [1.807, 2.05) is 29.2 Å². The molecular formula is C19H22N2O4. The number of hydrogen-bond donors (Lipinski definition) is 0. The van der Waals surface area contributed by atoms with Crippen LogP contribution < -0.4 is 4.74 Å². The van der Waals surface area contributed by atoms with Gasteiger partial charge in [0.1, 0.15) is 5.75 Å². The monoisotopic (exact) mass is 342 g/mol. The molecule has 0 unspecified atom stereocenters. The van der Waals surface area contributed by atoms with Crippen molar-refractivity contribution in [2.24, 2.45) is 0 Å². The van der Waals surface area contributed by atoms with E-state index < -0.39 is 0 Å². The highest BCUT2D eigenvalue weighted by Gasteiger charge is 2.23. The van der Waals surface area contributed by atoms with Gasteiger partial charge in [-0.05, 0) is 29.8 Å². The lowest BCUT2D eigenvalue weighted by Gasteiger charge is -2.34. The Balaban J connectivity index is 1.48. The van der Waals surface area contributed by atoms with Gasteiger partial charge >= 0.3 is 0 Å². The number of nitrogens with zero attached hydrogens (tertiary/aromatic N) is 2. The topological polar surface area (TPSA) is 63.0 Å². The molecule has 0 radical (unpaired) electrons. The van der Waals surface area contributed by atoms with E-state index in [2.05, 4.69) is 4.90 Å². The van der Waals surface area contributed by atoms with Gasteiger partial charge in [0, 0.05) is 26.2 Å². The van der Waals surface area contributed by atoms with E-state index in [1.165, 1.54) is 6.26 Å². The number of piperazine rings is 1. The number of carbonyl (C=O) groups excluding carboxylic acids is 2. The van der Waals surface area contributed by atoms with Crippen molar-refractivity contribution in [1.82, 2.24) is 9.80 Å². The Hall–Kier alpha value is -2.60. The normalized spacial score (nSPS) is 15.2. The Morgan fingerprint density at radius 3 is 2.60 bits per heavy atom. The summed E-state index contributed by atoms with van der Waals surface area (Å²) in [6.07, 6.45) is 1.87. The molecule has 1 fully saturated rings. The summed E-state index contributed by atoms with van der Waals surface area (Å²) < 4.78 is 10.3. The van der Waals surface area contributed by atoms with E-state index in [9.17, 15) is 9.59 Å². The van der Waals surface area contributed by atoms with Gasteiger partial charge in [-0.3, -0.25) is 14.5 Å². The standard InChI is InChI=1S/C19H22N2O4/c1-24-16-5-2-4-15(12-16)13-19(23)21-9-7-20(8-10-21)14-17(22)18-6-3-11-25-18/h2-6,11-12H,7-10,13-14H2,1H3. The second-order valence-corrected chi connectivity index (χ2v) is 6.09. The largest absolute Gasteiger partial charge is 0.497 e. The van der Waals surface area contributed by atoms with Gasteiger partial charge in [0.05, 0.1) is 26.3 Å². The smallest absolute Gasteiger partial charge is 0.227 e. The number of methoxy groups -OCH3 is 1. The van der Waals surface area contributed by atoms with Crippen molar-refractivity contribution in [2.45, 2.75) is 6.42 Å². The number of carbonyl (C=O) groups is 2. The van der Waals surface area contributed by atoms with Crippen molar-refractivity contribution >= 4 is 11.7 Å². The van der Waals surface area contributed by atoms with Crippen LogP contribution in [0, 0.1) is 0 Å². The van der Waals surface area contributed by atoms with E-state index in [1.54, 1.807) is 19.2 Å². The van der Waals surface area contributed by atoms with E-state index >= 15 is 0 Å². The Morgan fingerprint density at radius 2 is 1.92 bits per heavy atom. The summed E-state index contributed by atoms with van der Waals surface area (Å²) in [7, 11) is 1.62. The average molecular weight is 342 g/mol. The molecule has 0 saturated carbocycles. The first kappa shape index (κ1) is 17.2. The lowest BCUT2D eigenvalue weighted by Crippen LogP contribution is -2.50. The zero-order valence-corrected chi connectivity index (χ0v) is 14.3. The highest BCUT2D eigenvalue weighted by molar-refractivity contribution is 5.95. The van der Waals surface area contributed by atoms with Crippen LogP contribution in [0.1, 0.15) is 16.1 Å². The van der Waals surface area contributed by atoms with Crippen LogP contribution in [0.25, 0.3) is 0 Å². The molecule has 0 bridgehead atoms. The lowest BCUT2D eigenvalue weighted by molar-refractivity contribution is -0.132. The van der Waals surface area contributed by atoms with Crippen molar-refractivity contribution in [1.29, 1.82) is 0 Å². The average Bonchev–Trinajstić information content (AvgIpc) is 3.17. The predicted molar refractivity (Wildman–Crippen MR) is 92.8 cm³/mol. The molecule has 0 N–H and O–H groups in total. The molecule has 25 heavy (non-hydrogen) atoms. The molecule has 1 aromatic heterocycles. The lowest BCUT2D eigenvalue weighted by atomic mass is 10.1. The molecule has 6 heteroatoms. The second-order valence-electron chi connectivity index (χ2n) is 6.09. The van der Waals surface area contributed by atoms with Gasteiger partial charge in [0.15, 0.2) is 5.76 Å². The molecule has 132 valence electrons. The fraction of sp³-hybridized carbons (Fsp3) is 0.368. The Kier molecular flexibility index (Phi) is 5.50. The third kappa shape index (κ3) is 4.48. The number of benzene rings is 1. The molecule has 1 aromatic carbocycles. The van der Waals surface area contributed by atoms with Crippen LogP contribution in [-0.2, 0) is 11.2 Å². The maximum Gasteiger partial charge on any atom is 0.227 e. The number of ketones is 1. The molecule has 2 aromatic rings. The first-order chi connectivity index (χ1) is 12.2. The van der Waals surface area contributed by atoms with Crippen molar-refractivity contribution in [2.75, 3.05) is 39.8 Å². The zero-order valence-electron chi connectivity index (χ0n) is 14.3. The van der Waals surface area contributed by atoms with Crippen molar-refractivity contribution in [3.05, 3.63) is 54.0 Å². The summed E-state index contributed by atoms with van der Waals surface area (Å²) in [5.74, 6) is 1.22. The maximum atomic E-state index is 12.5. The summed E-state index contributed by atoms with van der Waals surface area (Å²) in [6.45, 7) is 2.97. The van der Waals surface area contributed by atoms with Gasteiger partial charge in [-0.15, -0.1) is 0 Å². The fourth-order valence-corrected chi connectivity index (χ4v) is 2.94. The number of amides is 1. The number of ether oxygens (including phenoxy) is 1. The Bertz CT molecular complexity index is 719. The minimum Gasteiger partial charge on any atom is -0.497 e. The van der Waals surface area contributed by atoms with Gasteiger partial charge in [0.25, 0.3) is 0 Å². The summed E-state index contributed by atoms with van der Waals surface area (Å²) in [4.78, 5) is 28.4. The van der Waals surface area contributed by atoms with Gasteiger partial charge in [-0.25, -0.2) is 0 Å². The minimum absolute atomic E-state index is 0.0267. The number of Topliss-reactive ketones (excluding diaryl/α,β-unsaturated/α-hetero) is 1. The third-order valence-electron chi connectivity index (χ3n) is 4.38. The van der Waals surface area contributed by atoms with Crippen LogP contribution in [0.2, 0.25) is 0 Å². The molecule has 0 atom stereocenters. The molecule has 6 nitrogen and oxygen atoms in total. The summed E-state index contributed by atoms with van der Waals surface area (Å²) in [5, 5.41) is 0. The predicted octanol–water partition coefficient (Wildman–Crippen LogP) is 1.86. The summed E-state index contributed by atoms with van der Waals surface area (Å²) >= 11 is 0. The summed E-state index contributed by atoms with van der Waals surface area (Å²) in [5.41, 5.74) is 0.944. The van der Waals surface area contributed by atoms with Crippen LogP contribution in [0.4, 0.5) is 0 Å². The third-order valence-corrected chi connectivity index (χ3v) is 4.38. The number of furan rings is 1. The molecule has 1 aliphatic rings. The van der Waals surface area contributed by atoms with E-state index in [-0.39, 0.29) is 11.7 Å². The maximum absolute atomic E-state index is 12.5. The molecule has 1 aliphatic heterocycles. The fourth-order valence-electron chi connectivity index (χ4n) is 2.94. The Morgan fingerprint density at radius 1 is 1.12 bits per heavy atom. The number of hydrogen-bond acceptors (Lipinski definition) is 5. The van der Waals surface area contributed by atoms with E-state index in [0.717, 1.165) is 11.3 Å². The van der Waals surface area contributed by atoms with Crippen molar-refractivity contribution in [3.63, 3.8) is 0 Å². The van der Waals surface area contributed by atoms with Gasteiger partial charge < -0.3 is 14.1 Å². The van der Waals surface area contributed by atoms with Gasteiger partial charge in [0.2, 0.25) is 11.7 Å². The molecule has 3 rings (SSSR count). The van der Waals surface area contributed by atoms with E-state index in [0.29, 0.717) is 44.9 Å². The van der Waals surface area contributed by atoms with E-state index in [4.69, 9.17) is 9.15 Å². The Labute approximate surface area is 147 Å². The minimum atomic E-state index is -0.0267. The van der Waals surface area contributed by atoms with Crippen LogP contribution in [0.3, 0.4) is 0 Å². The first-order valence-corrected chi connectivity index (χ1v) is 8.35. The molecule has 1 amide bonds. The van der Waals surface area contributed by atoms with Crippen LogP contribution >= 0.6 is 0 Å². The van der Waals surface area contributed by atoms with Crippen LogP contribution in [0.15, 0.2) is 47.1 Å². The van der Waals surface area contributed by atoms with Gasteiger partial charge in [-0.2, -0.15) is 0 Å². The highest BCUT2D eigenvalue weighted by Crippen LogP contribution is 2.14. The highest BCUT2D eigenvalue weighted by atomic mass is 16.5. The molecule has 1 saturated heterocycles. The van der Waals surface area contributed by atoms with Crippen LogP contribution in [-0.4, -0.2) is 61.3 Å². The van der Waals surface area contributed by atoms with Crippen LogP contribution in [0.5, 0.6) is 5.75 Å². The molecule has 0 aliphatic carbocycles. The van der Waals surface area contributed by atoms with Crippen molar-refractivity contribution < 1.29 is 18.7 Å². The SMILES string of the molecule is COc1cccc(CC(=O)N2CCN(CC(=O)c3ccco3)CC2)c1. The molecule has 0 spiro atoms. The quantitative estimate of drug-likeness (QED) is 0.750.